The third kappa shape index (κ3) is 5.11. The van der Waals surface area contributed by atoms with E-state index in [0.717, 1.165) is 43.8 Å². The highest BCUT2D eigenvalue weighted by Crippen LogP contribution is 2.31. The Bertz CT molecular complexity index is 849. The molecule has 0 bridgehead atoms. The lowest BCUT2D eigenvalue weighted by Gasteiger charge is -2.33. The molecule has 28 heavy (non-hydrogen) atoms. The number of halogens is 4. The number of amides is 1. The topological polar surface area (TPSA) is 54.5 Å². The van der Waals surface area contributed by atoms with Crippen molar-refractivity contribution < 1.29 is 27.1 Å². The number of ether oxygens (including phenoxy) is 1. The maximum atomic E-state index is 13.6. The molecule has 1 fully saturated rings. The van der Waals surface area contributed by atoms with Crippen molar-refractivity contribution in [2.75, 3.05) is 18.0 Å². The van der Waals surface area contributed by atoms with E-state index in [1.807, 2.05) is 0 Å². The van der Waals surface area contributed by atoms with E-state index in [9.17, 15) is 22.4 Å². The normalized spacial score (nSPS) is 15.4. The lowest BCUT2D eigenvalue weighted by atomic mass is 10.0. The summed E-state index contributed by atoms with van der Waals surface area (Å²) in [5.74, 6) is -2.05. The number of hydrogen-bond donors (Lipinski definition) is 1. The number of rotatable bonds is 4. The second-order valence-electron chi connectivity index (χ2n) is 6.55. The number of pyridine rings is 1. The van der Waals surface area contributed by atoms with Crippen LogP contribution in [0.3, 0.4) is 0 Å². The van der Waals surface area contributed by atoms with Crippen molar-refractivity contribution in [2.45, 2.75) is 32.2 Å². The average Bonchev–Trinajstić information content (AvgIpc) is 2.63. The largest absolute Gasteiger partial charge is 0.573 e. The van der Waals surface area contributed by atoms with Crippen LogP contribution in [-0.2, 0) is 4.79 Å². The van der Waals surface area contributed by atoms with Crippen molar-refractivity contribution in [2.24, 2.45) is 0 Å². The Kier molecular flexibility index (Phi) is 5.71. The molecule has 2 heterocycles. The van der Waals surface area contributed by atoms with Gasteiger partial charge in [-0.2, -0.15) is 0 Å². The number of carbonyl (C=O) groups excluding carboxylic acids is 1. The summed E-state index contributed by atoms with van der Waals surface area (Å²) in [6.07, 6.45) is -1.85. The Balaban J connectivity index is 1.77. The van der Waals surface area contributed by atoms with Crippen LogP contribution in [0.4, 0.5) is 23.2 Å². The smallest absolute Gasteiger partial charge is 0.403 e. The van der Waals surface area contributed by atoms with E-state index >= 15 is 0 Å². The maximum Gasteiger partial charge on any atom is 0.573 e. The number of alkyl halides is 3. The summed E-state index contributed by atoms with van der Waals surface area (Å²) in [4.78, 5) is 17.5. The van der Waals surface area contributed by atoms with E-state index in [1.165, 1.54) is 13.0 Å². The summed E-state index contributed by atoms with van der Waals surface area (Å²) >= 11 is 0. The quantitative estimate of drug-likeness (QED) is 0.796. The summed E-state index contributed by atoms with van der Waals surface area (Å²) in [6.45, 7) is 2.93. The Morgan fingerprint density at radius 3 is 2.57 bits per heavy atom. The number of piperidine rings is 1. The minimum absolute atomic E-state index is 0.0576. The Hall–Kier alpha value is -2.84. The van der Waals surface area contributed by atoms with Crippen LogP contribution in [0.5, 0.6) is 5.75 Å². The monoisotopic (exact) mass is 397 g/mol. The van der Waals surface area contributed by atoms with Crippen LogP contribution in [0, 0.1) is 5.82 Å². The van der Waals surface area contributed by atoms with Crippen LogP contribution in [0.2, 0.25) is 0 Å². The molecule has 1 aliphatic heterocycles. The van der Waals surface area contributed by atoms with E-state index < -0.39 is 17.9 Å². The molecule has 0 atom stereocenters. The lowest BCUT2D eigenvalue weighted by Crippen LogP contribution is -2.44. The summed E-state index contributed by atoms with van der Waals surface area (Å²) in [5.41, 5.74) is 1.58. The number of anilines is 1. The Morgan fingerprint density at radius 2 is 1.93 bits per heavy atom. The molecule has 1 aromatic heterocycles. The zero-order chi connectivity index (χ0) is 20.3. The van der Waals surface area contributed by atoms with Crippen LogP contribution >= 0.6 is 0 Å². The maximum absolute atomic E-state index is 13.6. The van der Waals surface area contributed by atoms with Gasteiger partial charge in [0.1, 0.15) is 0 Å². The Labute approximate surface area is 159 Å². The first-order valence-electron chi connectivity index (χ1n) is 8.75. The molecule has 2 aromatic rings. The van der Waals surface area contributed by atoms with Gasteiger partial charge in [0.05, 0.1) is 5.69 Å². The zero-order valence-corrected chi connectivity index (χ0v) is 15.1. The van der Waals surface area contributed by atoms with Crippen molar-refractivity contribution in [3.05, 3.63) is 42.3 Å². The van der Waals surface area contributed by atoms with E-state index in [4.69, 9.17) is 0 Å². The van der Waals surface area contributed by atoms with Gasteiger partial charge in [0.25, 0.3) is 0 Å². The zero-order valence-electron chi connectivity index (χ0n) is 15.1. The first-order chi connectivity index (χ1) is 13.2. The molecule has 0 unspecified atom stereocenters. The van der Waals surface area contributed by atoms with Gasteiger partial charge < -0.3 is 15.0 Å². The average molecular weight is 397 g/mol. The molecule has 0 radical (unpaired) electrons. The molecular weight excluding hydrogens is 378 g/mol. The second-order valence-corrected chi connectivity index (χ2v) is 6.55. The summed E-state index contributed by atoms with van der Waals surface area (Å²) in [5, 5.41) is 2.90. The van der Waals surface area contributed by atoms with Gasteiger partial charge in [-0.15, -0.1) is 13.2 Å². The van der Waals surface area contributed by atoms with E-state index in [2.05, 4.69) is 19.9 Å². The predicted molar refractivity (Wildman–Crippen MR) is 95.4 cm³/mol. The minimum atomic E-state index is -4.98. The summed E-state index contributed by atoms with van der Waals surface area (Å²) in [6, 6.07) is 6.94. The van der Waals surface area contributed by atoms with Crippen LogP contribution in [-0.4, -0.2) is 36.4 Å². The van der Waals surface area contributed by atoms with Gasteiger partial charge in [-0.05, 0) is 43.2 Å². The molecular formula is C19H19F4N3O2. The molecule has 3 rings (SSSR count). The van der Waals surface area contributed by atoms with Crippen molar-refractivity contribution >= 4 is 11.6 Å². The predicted octanol–water partition coefficient (Wildman–Crippen LogP) is 3.89. The van der Waals surface area contributed by atoms with Crippen molar-refractivity contribution in [1.82, 2.24) is 10.3 Å². The standard InChI is InChI=1S/C19H19F4N3O2/c1-12(27)25-14-5-8-26(9-6-14)15-4-7-24-17(11-15)13-2-3-16(20)18(10-13)28-19(21,22)23/h2-4,7,10-11,14H,5-6,8-9H2,1H3,(H,25,27). The third-order valence-electron chi connectivity index (χ3n) is 4.46. The van der Waals surface area contributed by atoms with Gasteiger partial charge in [0, 0.05) is 43.5 Å². The first-order valence-corrected chi connectivity index (χ1v) is 8.75. The van der Waals surface area contributed by atoms with Gasteiger partial charge in [-0.1, -0.05) is 0 Å². The van der Waals surface area contributed by atoms with Crippen molar-refractivity contribution in [3.63, 3.8) is 0 Å². The lowest BCUT2D eigenvalue weighted by molar-refractivity contribution is -0.275. The SMILES string of the molecule is CC(=O)NC1CCN(c2ccnc(-c3ccc(F)c(OC(F)(F)F)c3)c2)CC1. The molecule has 1 aromatic carbocycles. The van der Waals surface area contributed by atoms with Crippen molar-refractivity contribution in [1.29, 1.82) is 0 Å². The Morgan fingerprint density at radius 1 is 1.21 bits per heavy atom. The number of hydrogen-bond acceptors (Lipinski definition) is 4. The molecule has 9 heteroatoms. The number of carbonyl (C=O) groups is 1. The molecule has 150 valence electrons. The van der Waals surface area contributed by atoms with Gasteiger partial charge in [-0.3, -0.25) is 9.78 Å². The van der Waals surface area contributed by atoms with Crippen LogP contribution in [0.25, 0.3) is 11.3 Å². The molecule has 1 saturated heterocycles. The molecule has 5 nitrogen and oxygen atoms in total. The molecule has 1 aliphatic rings. The molecule has 1 N–H and O–H groups in total. The fourth-order valence-electron chi connectivity index (χ4n) is 3.21. The van der Waals surface area contributed by atoms with Crippen LogP contribution < -0.4 is 15.0 Å². The van der Waals surface area contributed by atoms with Gasteiger partial charge in [-0.25, -0.2) is 4.39 Å². The fourth-order valence-corrected chi connectivity index (χ4v) is 3.21. The van der Waals surface area contributed by atoms with E-state index in [0.29, 0.717) is 11.3 Å². The molecule has 0 spiro atoms. The van der Waals surface area contributed by atoms with Crippen molar-refractivity contribution in [3.8, 4) is 17.0 Å². The summed E-state index contributed by atoms with van der Waals surface area (Å²) < 4.78 is 54.7. The highest BCUT2D eigenvalue weighted by atomic mass is 19.4. The first kappa shape index (κ1) is 19.9. The molecule has 1 amide bonds. The van der Waals surface area contributed by atoms with Gasteiger partial charge >= 0.3 is 6.36 Å². The van der Waals surface area contributed by atoms with Gasteiger partial charge in [0.15, 0.2) is 11.6 Å². The van der Waals surface area contributed by atoms with Crippen LogP contribution in [0.1, 0.15) is 19.8 Å². The van der Waals surface area contributed by atoms with Crippen LogP contribution in [0.15, 0.2) is 36.5 Å². The molecule has 0 aliphatic carbocycles. The van der Waals surface area contributed by atoms with Gasteiger partial charge in [0.2, 0.25) is 5.91 Å². The number of benzene rings is 1. The van der Waals surface area contributed by atoms with E-state index in [-0.39, 0.29) is 11.9 Å². The van der Waals surface area contributed by atoms with E-state index in [1.54, 1.807) is 18.3 Å². The summed E-state index contributed by atoms with van der Waals surface area (Å²) in [7, 11) is 0. The second kappa shape index (κ2) is 8.04. The highest BCUT2D eigenvalue weighted by Gasteiger charge is 2.32. The fraction of sp³-hybridized carbons (Fsp3) is 0.368. The number of aromatic nitrogens is 1. The minimum Gasteiger partial charge on any atom is -0.403 e. The molecule has 0 saturated carbocycles. The third-order valence-corrected chi connectivity index (χ3v) is 4.46. The highest BCUT2D eigenvalue weighted by molar-refractivity contribution is 5.73. The number of nitrogens with one attached hydrogen (secondary N) is 1. The number of nitrogens with zero attached hydrogens (tertiary/aromatic N) is 2.